The van der Waals surface area contributed by atoms with Crippen molar-refractivity contribution >= 4 is 23.9 Å². The number of nitrogens with zero attached hydrogens (tertiary/aromatic N) is 4. The monoisotopic (exact) mass is 519 g/mol. The number of ether oxygens (including phenoxy) is 3. The molecule has 0 spiro atoms. The van der Waals surface area contributed by atoms with E-state index in [2.05, 4.69) is 20.7 Å². The van der Waals surface area contributed by atoms with Gasteiger partial charge in [-0.25, -0.2) is 5.43 Å². The third kappa shape index (κ3) is 6.19. The fourth-order valence-corrected chi connectivity index (χ4v) is 4.11. The second kappa shape index (κ2) is 12.0. The van der Waals surface area contributed by atoms with Crippen molar-refractivity contribution in [2.24, 2.45) is 5.10 Å². The summed E-state index contributed by atoms with van der Waals surface area (Å²) in [5, 5.41) is 22.9. The lowest BCUT2D eigenvalue weighted by atomic mass is 10.2. The number of amides is 1. The van der Waals surface area contributed by atoms with Crippen molar-refractivity contribution in [1.82, 2.24) is 20.2 Å². The molecule has 0 atom stereocenters. The van der Waals surface area contributed by atoms with Gasteiger partial charge in [-0.1, -0.05) is 11.8 Å². The molecule has 190 valence electrons. The van der Waals surface area contributed by atoms with Gasteiger partial charge in [0.05, 0.1) is 33.3 Å². The highest BCUT2D eigenvalue weighted by Gasteiger charge is 2.17. The lowest BCUT2D eigenvalue weighted by molar-refractivity contribution is -0.118. The van der Waals surface area contributed by atoms with Gasteiger partial charge in [0.15, 0.2) is 22.5 Å². The lowest BCUT2D eigenvalue weighted by Gasteiger charge is -2.11. The minimum absolute atomic E-state index is 0.0232. The number of benzene rings is 3. The maximum Gasteiger partial charge on any atom is 0.250 e. The summed E-state index contributed by atoms with van der Waals surface area (Å²) in [4.78, 5) is 12.5. The second-order valence-corrected chi connectivity index (χ2v) is 8.52. The van der Waals surface area contributed by atoms with Gasteiger partial charge in [0, 0.05) is 11.3 Å². The molecule has 0 radical (unpaired) electrons. The Kier molecular flexibility index (Phi) is 8.26. The summed E-state index contributed by atoms with van der Waals surface area (Å²) in [6.45, 7) is 0. The number of hydrogen-bond acceptors (Lipinski definition) is 9. The van der Waals surface area contributed by atoms with Gasteiger partial charge in [0.1, 0.15) is 11.5 Å². The van der Waals surface area contributed by atoms with E-state index in [1.165, 1.54) is 31.2 Å². The number of phenolic OH excluding ortho intramolecular Hbond substituents is 1. The molecule has 2 N–H and O–H groups in total. The Bertz CT molecular complexity index is 1390. The summed E-state index contributed by atoms with van der Waals surface area (Å²) in [5.41, 5.74) is 4.82. The van der Waals surface area contributed by atoms with Crippen molar-refractivity contribution < 1.29 is 24.1 Å². The van der Waals surface area contributed by atoms with Crippen LogP contribution in [0.2, 0.25) is 0 Å². The first-order valence-corrected chi connectivity index (χ1v) is 12.1. The van der Waals surface area contributed by atoms with Crippen LogP contribution in [0.3, 0.4) is 0 Å². The molecule has 0 aliphatic rings. The van der Waals surface area contributed by atoms with E-state index in [-0.39, 0.29) is 17.4 Å². The Hall–Kier alpha value is -4.51. The summed E-state index contributed by atoms with van der Waals surface area (Å²) >= 11 is 1.23. The van der Waals surface area contributed by atoms with Crippen LogP contribution in [0.4, 0.5) is 0 Å². The van der Waals surface area contributed by atoms with E-state index in [0.29, 0.717) is 22.3 Å². The fraction of sp³-hybridized carbons (Fsp3) is 0.154. The van der Waals surface area contributed by atoms with Gasteiger partial charge in [0.2, 0.25) is 0 Å². The molecule has 3 aromatic carbocycles. The van der Waals surface area contributed by atoms with Gasteiger partial charge in [-0.15, -0.1) is 10.2 Å². The van der Waals surface area contributed by atoms with Crippen LogP contribution < -0.4 is 19.6 Å². The summed E-state index contributed by atoms with van der Waals surface area (Å²) in [6, 6.07) is 19.7. The fourth-order valence-electron chi connectivity index (χ4n) is 3.37. The molecule has 1 heterocycles. The number of thioether (sulfide) groups is 1. The first-order valence-electron chi connectivity index (χ1n) is 11.1. The number of aromatic hydroxyl groups is 1. The number of methoxy groups -OCH3 is 3. The van der Waals surface area contributed by atoms with Gasteiger partial charge in [0.25, 0.3) is 5.91 Å². The van der Waals surface area contributed by atoms with Gasteiger partial charge >= 0.3 is 0 Å². The predicted molar refractivity (Wildman–Crippen MR) is 141 cm³/mol. The molecule has 4 rings (SSSR count). The predicted octanol–water partition coefficient (Wildman–Crippen LogP) is 3.91. The van der Waals surface area contributed by atoms with Crippen molar-refractivity contribution in [2.45, 2.75) is 5.16 Å². The molecule has 0 aliphatic carbocycles. The van der Waals surface area contributed by atoms with Gasteiger partial charge in [-0.3, -0.25) is 9.36 Å². The molecule has 0 bridgehead atoms. The molecule has 0 aliphatic heterocycles. The van der Waals surface area contributed by atoms with E-state index in [1.54, 1.807) is 26.4 Å². The SMILES string of the molecule is COc1ccc(-c2nnc(SCC(=O)NN=Cc3ccc(O)c(OC)c3)n2-c2ccc(OC)cc2)cc1. The smallest absolute Gasteiger partial charge is 0.250 e. The quantitative estimate of drug-likeness (QED) is 0.184. The topological polar surface area (TPSA) is 120 Å². The normalized spacial score (nSPS) is 10.9. The van der Waals surface area contributed by atoms with Crippen LogP contribution >= 0.6 is 11.8 Å². The molecule has 4 aromatic rings. The van der Waals surface area contributed by atoms with E-state index in [4.69, 9.17) is 14.2 Å². The zero-order valence-corrected chi connectivity index (χ0v) is 21.2. The van der Waals surface area contributed by atoms with Gasteiger partial charge in [-0.2, -0.15) is 5.10 Å². The number of nitrogens with one attached hydrogen (secondary N) is 1. The number of hydrogen-bond donors (Lipinski definition) is 2. The van der Waals surface area contributed by atoms with Gasteiger partial charge in [-0.05, 0) is 72.3 Å². The minimum atomic E-state index is -0.317. The zero-order chi connectivity index (χ0) is 26.2. The molecule has 0 saturated carbocycles. The van der Waals surface area contributed by atoms with Crippen LogP contribution in [-0.2, 0) is 4.79 Å². The Morgan fingerprint density at radius 1 is 0.973 bits per heavy atom. The van der Waals surface area contributed by atoms with Crippen LogP contribution in [0.5, 0.6) is 23.0 Å². The number of aromatic nitrogens is 3. The van der Waals surface area contributed by atoms with Crippen LogP contribution in [-0.4, -0.2) is 59.1 Å². The number of carbonyl (C=O) groups excluding carboxylic acids is 1. The van der Waals surface area contributed by atoms with Crippen molar-refractivity contribution in [3.05, 3.63) is 72.3 Å². The number of hydrazone groups is 1. The van der Waals surface area contributed by atoms with Crippen LogP contribution in [0.25, 0.3) is 17.1 Å². The Labute approximate surface area is 217 Å². The van der Waals surface area contributed by atoms with Crippen LogP contribution in [0.1, 0.15) is 5.56 Å². The highest BCUT2D eigenvalue weighted by Crippen LogP contribution is 2.30. The van der Waals surface area contributed by atoms with Crippen molar-refractivity contribution in [1.29, 1.82) is 0 Å². The third-order valence-corrected chi connectivity index (χ3v) is 6.18. The standard InChI is InChI=1S/C26H25N5O5S/c1-34-20-9-5-18(6-10-20)25-29-30-26(31(25)19-7-11-21(35-2)12-8-19)37-16-24(33)28-27-15-17-4-13-22(32)23(14-17)36-3/h4-15,32H,16H2,1-3H3,(H,28,33). The highest BCUT2D eigenvalue weighted by molar-refractivity contribution is 7.99. The zero-order valence-electron chi connectivity index (χ0n) is 20.4. The molecular formula is C26H25N5O5S. The Balaban J connectivity index is 1.51. The average Bonchev–Trinajstić information content (AvgIpc) is 3.36. The van der Waals surface area contributed by atoms with E-state index < -0.39 is 0 Å². The molecule has 1 aromatic heterocycles. The molecular weight excluding hydrogens is 494 g/mol. The first-order chi connectivity index (χ1) is 18.0. The van der Waals surface area contributed by atoms with Crippen molar-refractivity contribution in [3.63, 3.8) is 0 Å². The second-order valence-electron chi connectivity index (χ2n) is 7.58. The summed E-state index contributed by atoms with van der Waals surface area (Å²) in [6.07, 6.45) is 1.46. The van der Waals surface area contributed by atoms with E-state index in [0.717, 1.165) is 22.7 Å². The maximum atomic E-state index is 12.5. The summed E-state index contributed by atoms with van der Waals surface area (Å²) in [5.74, 6) is 2.16. The van der Waals surface area contributed by atoms with E-state index >= 15 is 0 Å². The Morgan fingerprint density at radius 2 is 1.65 bits per heavy atom. The highest BCUT2D eigenvalue weighted by atomic mass is 32.2. The molecule has 37 heavy (non-hydrogen) atoms. The maximum absolute atomic E-state index is 12.5. The van der Waals surface area contributed by atoms with Gasteiger partial charge < -0.3 is 19.3 Å². The van der Waals surface area contributed by atoms with E-state index in [1.807, 2.05) is 53.1 Å². The van der Waals surface area contributed by atoms with Crippen molar-refractivity contribution in [2.75, 3.05) is 27.1 Å². The van der Waals surface area contributed by atoms with Crippen LogP contribution in [0, 0.1) is 0 Å². The first kappa shape index (κ1) is 25.6. The molecule has 0 unspecified atom stereocenters. The molecule has 0 fully saturated rings. The number of rotatable bonds is 10. The molecule has 0 saturated heterocycles. The van der Waals surface area contributed by atoms with Crippen LogP contribution in [0.15, 0.2) is 77.0 Å². The summed E-state index contributed by atoms with van der Waals surface area (Å²) < 4.78 is 17.5. The van der Waals surface area contributed by atoms with Crippen molar-refractivity contribution in [3.8, 4) is 40.1 Å². The van der Waals surface area contributed by atoms with E-state index in [9.17, 15) is 9.90 Å². The molecule has 10 nitrogen and oxygen atoms in total. The Morgan fingerprint density at radius 3 is 2.30 bits per heavy atom. The average molecular weight is 520 g/mol. The number of phenols is 1. The molecule has 1 amide bonds. The summed E-state index contributed by atoms with van der Waals surface area (Å²) in [7, 11) is 4.68. The lowest BCUT2D eigenvalue weighted by Crippen LogP contribution is -2.20. The largest absolute Gasteiger partial charge is 0.504 e. The molecule has 11 heteroatoms. The number of carbonyl (C=O) groups is 1. The third-order valence-electron chi connectivity index (χ3n) is 5.25. The minimum Gasteiger partial charge on any atom is -0.504 e.